The van der Waals surface area contributed by atoms with Gasteiger partial charge in [-0.1, -0.05) is 0 Å². The summed E-state index contributed by atoms with van der Waals surface area (Å²) in [4.78, 5) is 8.69. The van der Waals surface area contributed by atoms with Crippen molar-refractivity contribution in [3.05, 3.63) is 58.8 Å². The predicted molar refractivity (Wildman–Crippen MR) is 88.1 cm³/mol. The largest absolute Gasteiger partial charge is 0.429 e. The van der Waals surface area contributed by atoms with Crippen LogP contribution in [0.15, 0.2) is 51.7 Å². The Bertz CT molecular complexity index is 821. The molecule has 1 aromatic carbocycles. The van der Waals surface area contributed by atoms with Crippen molar-refractivity contribution in [2.24, 2.45) is 0 Å². The minimum absolute atomic E-state index is 0.314. The van der Waals surface area contributed by atoms with Crippen LogP contribution in [0.3, 0.4) is 0 Å². The lowest BCUT2D eigenvalue weighted by atomic mass is 10.0. The molecule has 0 aliphatic carbocycles. The fourth-order valence-electron chi connectivity index (χ4n) is 2.09. The summed E-state index contributed by atoms with van der Waals surface area (Å²) in [5.41, 5.74) is 1.60. The van der Waals surface area contributed by atoms with E-state index in [1.807, 2.05) is 6.07 Å². The lowest BCUT2D eigenvalue weighted by Gasteiger charge is -2.16. The maximum absolute atomic E-state index is 13.0. The molecule has 0 saturated carbocycles. The highest BCUT2D eigenvalue weighted by Crippen LogP contribution is 2.33. The third-order valence-corrected chi connectivity index (χ3v) is 3.88. The summed E-state index contributed by atoms with van der Waals surface area (Å²) in [6.45, 7) is 3.35. The molecule has 2 aromatic heterocycles. The summed E-state index contributed by atoms with van der Waals surface area (Å²) < 4.78 is 19.1. The average molecular weight is 377 g/mol. The first-order chi connectivity index (χ1) is 10.8. The van der Waals surface area contributed by atoms with Crippen LogP contribution in [-0.4, -0.2) is 15.1 Å². The third-order valence-electron chi connectivity index (χ3n) is 3.34. The molecule has 0 aliphatic rings. The molecular formula is C17H14BrFN2O2. The number of hydrogen-bond donors (Lipinski definition) is 1. The van der Waals surface area contributed by atoms with Crippen molar-refractivity contribution in [2.75, 3.05) is 0 Å². The Labute approximate surface area is 141 Å². The summed E-state index contributed by atoms with van der Waals surface area (Å²) in [6, 6.07) is 9.48. The molecule has 0 saturated heterocycles. The second-order valence-corrected chi connectivity index (χ2v) is 6.36. The molecule has 0 radical (unpaired) electrons. The average Bonchev–Trinajstić information content (AvgIpc) is 2.89. The van der Waals surface area contributed by atoms with Gasteiger partial charge in [0.1, 0.15) is 17.1 Å². The highest BCUT2D eigenvalue weighted by atomic mass is 79.9. The molecule has 1 N–H and O–H groups in total. The lowest BCUT2D eigenvalue weighted by Crippen LogP contribution is -2.17. The number of pyridine rings is 1. The molecule has 0 aliphatic heterocycles. The van der Waals surface area contributed by atoms with Crippen LogP contribution in [0.1, 0.15) is 19.5 Å². The van der Waals surface area contributed by atoms with E-state index in [2.05, 4.69) is 25.9 Å². The molecule has 23 heavy (non-hydrogen) atoms. The molecule has 6 heteroatoms. The van der Waals surface area contributed by atoms with E-state index in [0.29, 0.717) is 27.5 Å². The van der Waals surface area contributed by atoms with Gasteiger partial charge in [0.15, 0.2) is 4.67 Å². The molecule has 0 spiro atoms. The Kier molecular flexibility index (Phi) is 4.04. The summed E-state index contributed by atoms with van der Waals surface area (Å²) in [6.07, 6.45) is 1.63. The van der Waals surface area contributed by atoms with Gasteiger partial charge in [0.2, 0.25) is 5.89 Å². The van der Waals surface area contributed by atoms with Crippen molar-refractivity contribution in [3.8, 4) is 22.7 Å². The Morgan fingerprint density at radius 1 is 1.09 bits per heavy atom. The molecule has 3 rings (SSSR count). The van der Waals surface area contributed by atoms with Gasteiger partial charge in [-0.3, -0.25) is 4.98 Å². The normalized spacial score (nSPS) is 11.7. The number of hydrogen-bond acceptors (Lipinski definition) is 4. The second-order valence-electron chi connectivity index (χ2n) is 5.64. The van der Waals surface area contributed by atoms with Crippen LogP contribution < -0.4 is 0 Å². The van der Waals surface area contributed by atoms with Crippen molar-refractivity contribution >= 4 is 15.9 Å². The number of aromatic nitrogens is 2. The number of nitrogens with zero attached hydrogens (tertiary/aromatic N) is 2. The zero-order valence-electron chi connectivity index (χ0n) is 12.5. The van der Waals surface area contributed by atoms with Crippen LogP contribution >= 0.6 is 15.9 Å². The van der Waals surface area contributed by atoms with E-state index in [-0.39, 0.29) is 5.82 Å². The van der Waals surface area contributed by atoms with Gasteiger partial charge in [-0.2, -0.15) is 0 Å². The summed E-state index contributed by atoms with van der Waals surface area (Å²) in [5, 5.41) is 9.94. The molecule has 0 atom stereocenters. The maximum Gasteiger partial charge on any atom is 0.228 e. The standard InChI is InChI=1S/C17H14BrFN2O2/c1-17(2,22)13-8-5-11(9-20-13)14-15(18)23-16(21-14)10-3-6-12(19)7-4-10/h3-9,22H,1-2H3. The quantitative estimate of drug-likeness (QED) is 0.729. The van der Waals surface area contributed by atoms with Gasteiger partial charge in [0.05, 0.1) is 5.69 Å². The van der Waals surface area contributed by atoms with E-state index in [0.717, 1.165) is 5.56 Å². The Balaban J connectivity index is 1.96. The minimum atomic E-state index is -1.00. The summed E-state index contributed by atoms with van der Waals surface area (Å²) in [5.74, 6) is 0.0736. The molecule has 0 fully saturated rings. The monoisotopic (exact) mass is 376 g/mol. The van der Waals surface area contributed by atoms with Gasteiger partial charge in [-0.15, -0.1) is 0 Å². The van der Waals surface area contributed by atoms with Gasteiger partial charge < -0.3 is 9.52 Å². The fraction of sp³-hybridized carbons (Fsp3) is 0.176. The molecule has 0 bridgehead atoms. The van der Waals surface area contributed by atoms with Gasteiger partial charge in [-0.05, 0) is 66.2 Å². The van der Waals surface area contributed by atoms with Gasteiger partial charge in [-0.25, -0.2) is 9.37 Å². The van der Waals surface area contributed by atoms with E-state index in [1.54, 1.807) is 38.2 Å². The van der Waals surface area contributed by atoms with Gasteiger partial charge in [0.25, 0.3) is 0 Å². The summed E-state index contributed by atoms with van der Waals surface area (Å²) >= 11 is 3.34. The maximum atomic E-state index is 13.0. The zero-order valence-corrected chi connectivity index (χ0v) is 14.1. The molecule has 118 valence electrons. The van der Waals surface area contributed by atoms with Crippen LogP contribution in [0.2, 0.25) is 0 Å². The Hall–Kier alpha value is -2.05. The van der Waals surface area contributed by atoms with Crippen LogP contribution in [0.5, 0.6) is 0 Å². The molecule has 3 aromatic rings. The fourth-order valence-corrected chi connectivity index (χ4v) is 2.56. The van der Waals surface area contributed by atoms with Crippen LogP contribution in [0.4, 0.5) is 4.39 Å². The smallest absolute Gasteiger partial charge is 0.228 e. The molecule has 0 amide bonds. The van der Waals surface area contributed by atoms with E-state index in [4.69, 9.17) is 4.42 Å². The number of halogens is 2. The minimum Gasteiger partial charge on any atom is -0.429 e. The topological polar surface area (TPSA) is 59.2 Å². The Morgan fingerprint density at radius 3 is 2.30 bits per heavy atom. The molecule has 4 nitrogen and oxygen atoms in total. The van der Waals surface area contributed by atoms with E-state index < -0.39 is 5.60 Å². The van der Waals surface area contributed by atoms with E-state index >= 15 is 0 Å². The number of aliphatic hydroxyl groups is 1. The Morgan fingerprint density at radius 2 is 1.74 bits per heavy atom. The first-order valence-electron chi connectivity index (χ1n) is 6.96. The van der Waals surface area contributed by atoms with Crippen molar-refractivity contribution in [1.29, 1.82) is 0 Å². The van der Waals surface area contributed by atoms with Crippen molar-refractivity contribution in [1.82, 2.24) is 9.97 Å². The molecule has 0 unspecified atom stereocenters. The molecular weight excluding hydrogens is 363 g/mol. The van der Waals surface area contributed by atoms with Crippen molar-refractivity contribution in [2.45, 2.75) is 19.4 Å². The first-order valence-corrected chi connectivity index (χ1v) is 7.75. The zero-order chi connectivity index (χ0) is 16.6. The van der Waals surface area contributed by atoms with E-state index in [9.17, 15) is 9.50 Å². The number of benzene rings is 1. The van der Waals surface area contributed by atoms with Crippen LogP contribution in [-0.2, 0) is 5.60 Å². The van der Waals surface area contributed by atoms with Crippen LogP contribution in [0.25, 0.3) is 22.7 Å². The van der Waals surface area contributed by atoms with E-state index in [1.165, 1.54) is 12.1 Å². The summed E-state index contributed by atoms with van der Waals surface area (Å²) in [7, 11) is 0. The molecule has 2 heterocycles. The van der Waals surface area contributed by atoms with Gasteiger partial charge in [0, 0.05) is 17.3 Å². The second kappa shape index (κ2) is 5.86. The highest BCUT2D eigenvalue weighted by Gasteiger charge is 2.19. The third kappa shape index (κ3) is 3.33. The lowest BCUT2D eigenvalue weighted by molar-refractivity contribution is 0.0739. The number of oxazole rings is 1. The van der Waals surface area contributed by atoms with Gasteiger partial charge >= 0.3 is 0 Å². The van der Waals surface area contributed by atoms with Crippen molar-refractivity contribution in [3.63, 3.8) is 0 Å². The SMILES string of the molecule is CC(C)(O)c1ccc(-c2nc(-c3ccc(F)cc3)oc2Br)cn1. The van der Waals surface area contributed by atoms with Crippen LogP contribution in [0, 0.1) is 5.82 Å². The van der Waals surface area contributed by atoms with Crippen molar-refractivity contribution < 1.29 is 13.9 Å². The first kappa shape index (κ1) is 15.8. The highest BCUT2D eigenvalue weighted by molar-refractivity contribution is 9.10. The predicted octanol–water partition coefficient (Wildman–Crippen LogP) is 4.53. The number of rotatable bonds is 3.